The lowest BCUT2D eigenvalue weighted by Gasteiger charge is -2.28. The summed E-state index contributed by atoms with van der Waals surface area (Å²) in [5.74, 6) is 2.07. The van der Waals surface area contributed by atoms with E-state index in [0.717, 1.165) is 4.88 Å². The number of methoxy groups -OCH3 is 1. The van der Waals surface area contributed by atoms with Crippen LogP contribution < -0.4 is 15.9 Å². The van der Waals surface area contributed by atoms with Crippen LogP contribution in [0.4, 0.5) is 0 Å². The van der Waals surface area contributed by atoms with Crippen LogP contribution in [0.3, 0.4) is 0 Å². The normalized spacial score (nSPS) is 11.1. The van der Waals surface area contributed by atoms with Gasteiger partial charge in [-0.25, -0.2) is 4.79 Å². The van der Waals surface area contributed by atoms with Gasteiger partial charge in [0.25, 0.3) is 0 Å². The van der Waals surface area contributed by atoms with Gasteiger partial charge in [0, 0.05) is 4.88 Å². The molecular weight excluding hydrogens is 395 g/mol. The lowest BCUT2D eigenvalue weighted by Crippen LogP contribution is -2.27. The van der Waals surface area contributed by atoms with Gasteiger partial charge in [-0.15, -0.1) is 11.3 Å². The zero-order valence-corrected chi connectivity index (χ0v) is 17.8. The summed E-state index contributed by atoms with van der Waals surface area (Å²) in [4.78, 5) is 13.7. The van der Waals surface area contributed by atoms with E-state index in [1.165, 1.54) is 34.4 Å². The van der Waals surface area contributed by atoms with Crippen LogP contribution in [-0.4, -0.2) is 18.9 Å². The fourth-order valence-electron chi connectivity index (χ4n) is 3.48. The average molecular weight is 416 g/mol. The van der Waals surface area contributed by atoms with Gasteiger partial charge in [0.2, 0.25) is 0 Å². The molecular formula is C25H21O2PS. The molecule has 4 aromatic rings. The third kappa shape index (κ3) is 3.85. The van der Waals surface area contributed by atoms with Crippen LogP contribution in [0, 0.1) is 0 Å². The highest BCUT2D eigenvalue weighted by molar-refractivity contribution is 7.94. The Kier molecular flexibility index (Phi) is 5.80. The highest BCUT2D eigenvalue weighted by Gasteiger charge is 2.25. The molecule has 0 aliphatic rings. The Hall–Kier alpha value is -2.87. The van der Waals surface area contributed by atoms with Gasteiger partial charge in [-0.05, 0) is 40.7 Å². The van der Waals surface area contributed by atoms with E-state index in [2.05, 4.69) is 96.8 Å². The van der Waals surface area contributed by atoms with Gasteiger partial charge >= 0.3 is 5.97 Å². The van der Waals surface area contributed by atoms with Crippen LogP contribution in [0.25, 0.3) is 0 Å². The summed E-state index contributed by atoms with van der Waals surface area (Å²) in [6, 6.07) is 35.8. The molecule has 4 heteroatoms. The van der Waals surface area contributed by atoms with Gasteiger partial charge in [0.15, 0.2) is 0 Å². The molecule has 0 amide bonds. The number of esters is 1. The third-order valence-corrected chi connectivity index (χ3v) is 10.0. The van der Waals surface area contributed by atoms with Crippen molar-refractivity contribution in [2.75, 3.05) is 7.11 Å². The molecule has 0 radical (unpaired) electrons. The fourth-order valence-corrected chi connectivity index (χ4v) is 8.60. The van der Waals surface area contributed by atoms with Crippen molar-refractivity contribution in [2.24, 2.45) is 0 Å². The second-order valence-corrected chi connectivity index (χ2v) is 10.9. The highest BCUT2D eigenvalue weighted by Crippen LogP contribution is 2.45. The Morgan fingerprint density at radius 2 is 1.17 bits per heavy atom. The summed E-state index contributed by atoms with van der Waals surface area (Å²) in [5.41, 5.74) is 0. The minimum absolute atomic E-state index is 0.294. The Morgan fingerprint density at radius 3 is 1.59 bits per heavy atom. The largest absolute Gasteiger partial charge is 0.465 e. The topological polar surface area (TPSA) is 26.3 Å². The van der Waals surface area contributed by atoms with Gasteiger partial charge in [-0.2, -0.15) is 0 Å². The molecule has 0 atom stereocenters. The zero-order valence-electron chi connectivity index (χ0n) is 16.1. The smallest absolute Gasteiger partial charge is 0.348 e. The molecule has 0 spiro atoms. The fraction of sp³-hybridized carbons (Fsp3) is 0.0400. The Balaban J connectivity index is 2.06. The number of hydrogen-bond donors (Lipinski definition) is 0. The second-order valence-electron chi connectivity index (χ2n) is 6.55. The number of carbonyl (C=O) groups excluding carboxylic acids is 1. The number of carbonyl (C=O) groups is 1. The molecule has 2 nitrogen and oxygen atoms in total. The maximum atomic E-state index is 12.0. The van der Waals surface area contributed by atoms with Crippen molar-refractivity contribution in [3.63, 3.8) is 0 Å². The SMILES string of the molecule is COC(=O)c1ccc(C=P(c2ccccc2)(c2ccccc2)c2ccccc2)s1. The van der Waals surface area contributed by atoms with Crippen molar-refractivity contribution in [1.29, 1.82) is 0 Å². The molecule has 0 saturated carbocycles. The first-order valence-corrected chi connectivity index (χ1v) is 12.0. The van der Waals surface area contributed by atoms with E-state index in [1.54, 1.807) is 0 Å². The Bertz CT molecular complexity index is 1050. The van der Waals surface area contributed by atoms with Crippen LogP contribution in [-0.2, 0) is 4.74 Å². The van der Waals surface area contributed by atoms with Crippen LogP contribution in [0.5, 0.6) is 0 Å². The average Bonchev–Trinajstić information content (AvgIpc) is 3.27. The summed E-state index contributed by atoms with van der Waals surface area (Å²) >= 11 is 1.47. The highest BCUT2D eigenvalue weighted by atomic mass is 32.1. The first-order chi connectivity index (χ1) is 14.2. The maximum absolute atomic E-state index is 12.0. The Morgan fingerprint density at radius 1 is 0.724 bits per heavy atom. The van der Waals surface area contributed by atoms with Gasteiger partial charge in [-0.1, -0.05) is 91.0 Å². The van der Waals surface area contributed by atoms with Crippen LogP contribution >= 0.6 is 18.2 Å². The summed E-state index contributed by atoms with van der Waals surface area (Å²) in [7, 11) is 1.42. The molecule has 0 aliphatic carbocycles. The summed E-state index contributed by atoms with van der Waals surface area (Å²) in [5, 5.41) is 3.85. The molecule has 0 N–H and O–H groups in total. The van der Waals surface area contributed by atoms with Gasteiger partial charge in [0.1, 0.15) is 4.88 Å². The molecule has 3 aromatic carbocycles. The van der Waals surface area contributed by atoms with Crippen molar-refractivity contribution in [3.05, 3.63) is 113 Å². The molecule has 0 aliphatic heterocycles. The molecule has 0 fully saturated rings. The van der Waals surface area contributed by atoms with E-state index in [-0.39, 0.29) is 5.97 Å². The van der Waals surface area contributed by atoms with E-state index < -0.39 is 6.89 Å². The van der Waals surface area contributed by atoms with Gasteiger partial charge in [-0.3, -0.25) is 0 Å². The quantitative estimate of drug-likeness (QED) is 0.349. The molecule has 29 heavy (non-hydrogen) atoms. The maximum Gasteiger partial charge on any atom is 0.348 e. The number of hydrogen-bond acceptors (Lipinski definition) is 3. The van der Waals surface area contributed by atoms with Crippen molar-refractivity contribution in [1.82, 2.24) is 0 Å². The van der Waals surface area contributed by atoms with E-state index in [4.69, 9.17) is 4.74 Å². The Labute approximate surface area is 175 Å². The lowest BCUT2D eigenvalue weighted by molar-refractivity contribution is 0.0606. The third-order valence-electron chi connectivity index (χ3n) is 4.82. The van der Waals surface area contributed by atoms with E-state index in [0.29, 0.717) is 4.88 Å². The van der Waals surface area contributed by atoms with Crippen LogP contribution in [0.15, 0.2) is 103 Å². The first kappa shape index (κ1) is 19.4. The molecule has 1 heterocycles. The molecule has 144 valence electrons. The lowest BCUT2D eigenvalue weighted by atomic mass is 10.4. The van der Waals surface area contributed by atoms with Crippen molar-refractivity contribution in [3.8, 4) is 0 Å². The first-order valence-electron chi connectivity index (χ1n) is 9.34. The predicted molar refractivity (Wildman–Crippen MR) is 126 cm³/mol. The summed E-state index contributed by atoms with van der Waals surface area (Å²) in [6.45, 7) is -2.07. The van der Waals surface area contributed by atoms with E-state index >= 15 is 0 Å². The molecule has 1 aromatic heterocycles. The van der Waals surface area contributed by atoms with Crippen molar-refractivity contribution < 1.29 is 9.53 Å². The molecule has 0 bridgehead atoms. The van der Waals surface area contributed by atoms with Crippen LogP contribution in [0.1, 0.15) is 14.5 Å². The molecule has 4 rings (SSSR count). The number of thiophene rings is 1. The number of rotatable bonds is 5. The van der Waals surface area contributed by atoms with Crippen LogP contribution in [0.2, 0.25) is 0 Å². The second kappa shape index (κ2) is 8.65. The predicted octanol–water partition coefficient (Wildman–Crippen LogP) is 4.68. The van der Waals surface area contributed by atoms with E-state index in [1.807, 2.05) is 12.1 Å². The molecule has 0 saturated heterocycles. The van der Waals surface area contributed by atoms with Gasteiger partial charge in [0.05, 0.1) is 7.11 Å². The monoisotopic (exact) mass is 416 g/mol. The minimum Gasteiger partial charge on any atom is -0.465 e. The molecule has 0 unspecified atom stereocenters. The van der Waals surface area contributed by atoms with Gasteiger partial charge < -0.3 is 4.74 Å². The number of ether oxygens (including phenoxy) is 1. The zero-order chi connectivity index (χ0) is 20.1. The summed E-state index contributed by atoms with van der Waals surface area (Å²) in [6.07, 6.45) is 0. The standard InChI is InChI=1S/C25H21O2PS/c1-27-25(26)24-18-17-23(29-24)19-28(20-11-5-2-6-12-20,21-13-7-3-8-14-21)22-15-9-4-10-16-22/h2-19H,1H3. The number of benzene rings is 3. The minimum atomic E-state index is -2.07. The van der Waals surface area contributed by atoms with Crippen molar-refractivity contribution >= 4 is 45.9 Å². The van der Waals surface area contributed by atoms with Crippen molar-refractivity contribution in [2.45, 2.75) is 0 Å². The summed E-state index contributed by atoms with van der Waals surface area (Å²) < 4.78 is 4.90. The van der Waals surface area contributed by atoms with E-state index in [9.17, 15) is 4.79 Å².